The Morgan fingerprint density at radius 3 is 2.76 bits per heavy atom. The second-order valence-corrected chi connectivity index (χ2v) is 5.68. The molecule has 1 fully saturated rings. The van der Waals surface area contributed by atoms with E-state index in [9.17, 15) is 0 Å². The molecule has 94 valence electrons. The monoisotopic (exact) mass is 232 g/mol. The maximum Gasteiger partial charge on any atom is 0.0359 e. The largest absolute Gasteiger partial charge is 0.398 e. The molecule has 0 amide bonds. The van der Waals surface area contributed by atoms with Crippen molar-refractivity contribution >= 4 is 5.69 Å². The number of aryl methyl sites for hydroxylation is 1. The van der Waals surface area contributed by atoms with Crippen molar-refractivity contribution in [1.82, 2.24) is 4.90 Å². The van der Waals surface area contributed by atoms with Gasteiger partial charge in [-0.05, 0) is 43.4 Å². The first-order valence-electron chi connectivity index (χ1n) is 6.63. The normalized spacial score (nSPS) is 26.1. The van der Waals surface area contributed by atoms with Gasteiger partial charge >= 0.3 is 0 Å². The molecule has 1 heterocycles. The second kappa shape index (κ2) is 5.09. The summed E-state index contributed by atoms with van der Waals surface area (Å²) < 4.78 is 0. The summed E-state index contributed by atoms with van der Waals surface area (Å²) in [6.07, 6.45) is 1.31. The summed E-state index contributed by atoms with van der Waals surface area (Å²) in [7, 11) is 0. The van der Waals surface area contributed by atoms with E-state index in [2.05, 4.69) is 37.8 Å². The van der Waals surface area contributed by atoms with E-state index >= 15 is 0 Å². The van der Waals surface area contributed by atoms with Crippen LogP contribution in [0, 0.1) is 18.8 Å². The lowest BCUT2D eigenvalue weighted by Gasteiger charge is -2.35. The third-order valence-corrected chi connectivity index (χ3v) is 4.11. The van der Waals surface area contributed by atoms with Crippen molar-refractivity contribution in [3.63, 3.8) is 0 Å². The lowest BCUT2D eigenvalue weighted by molar-refractivity contribution is 0.132. The van der Waals surface area contributed by atoms with Gasteiger partial charge in [0.1, 0.15) is 0 Å². The molecule has 1 aliphatic heterocycles. The molecule has 17 heavy (non-hydrogen) atoms. The number of piperidine rings is 1. The van der Waals surface area contributed by atoms with E-state index in [1.165, 1.54) is 30.6 Å². The molecular formula is C15H24N2. The Morgan fingerprint density at radius 1 is 1.29 bits per heavy atom. The van der Waals surface area contributed by atoms with Gasteiger partial charge in [-0.2, -0.15) is 0 Å². The predicted octanol–water partition coefficient (Wildman–Crippen LogP) is 3.06. The van der Waals surface area contributed by atoms with Gasteiger partial charge in [-0.3, -0.25) is 4.90 Å². The van der Waals surface area contributed by atoms with Crippen LogP contribution in [0.25, 0.3) is 0 Å². The SMILES string of the molecule is Cc1ccc(N)c(CN2CCC(C)C(C)C2)c1. The molecule has 0 spiro atoms. The number of nitrogens with zero attached hydrogens (tertiary/aromatic N) is 1. The lowest BCUT2D eigenvalue weighted by Crippen LogP contribution is -2.37. The van der Waals surface area contributed by atoms with Crippen LogP contribution in [0.5, 0.6) is 0 Å². The maximum atomic E-state index is 6.04. The summed E-state index contributed by atoms with van der Waals surface area (Å²) in [6, 6.07) is 6.33. The Balaban J connectivity index is 2.03. The van der Waals surface area contributed by atoms with Crippen molar-refractivity contribution in [3.05, 3.63) is 29.3 Å². The van der Waals surface area contributed by atoms with Gasteiger partial charge in [-0.15, -0.1) is 0 Å². The molecule has 1 saturated heterocycles. The van der Waals surface area contributed by atoms with Crippen LogP contribution in [0.1, 0.15) is 31.4 Å². The Hall–Kier alpha value is -1.02. The zero-order valence-corrected chi connectivity index (χ0v) is 11.2. The summed E-state index contributed by atoms with van der Waals surface area (Å²) in [6.45, 7) is 10.3. The van der Waals surface area contributed by atoms with Gasteiger partial charge < -0.3 is 5.73 Å². The molecule has 0 radical (unpaired) electrons. The summed E-state index contributed by atoms with van der Waals surface area (Å²) in [5, 5.41) is 0. The second-order valence-electron chi connectivity index (χ2n) is 5.68. The van der Waals surface area contributed by atoms with Crippen molar-refractivity contribution in [3.8, 4) is 0 Å². The number of anilines is 1. The van der Waals surface area contributed by atoms with Gasteiger partial charge in [0.25, 0.3) is 0 Å². The van der Waals surface area contributed by atoms with E-state index < -0.39 is 0 Å². The van der Waals surface area contributed by atoms with Crippen LogP contribution in [0.3, 0.4) is 0 Å². The molecular weight excluding hydrogens is 208 g/mol. The number of benzene rings is 1. The number of rotatable bonds is 2. The zero-order valence-electron chi connectivity index (χ0n) is 11.2. The average Bonchev–Trinajstić information content (AvgIpc) is 2.29. The van der Waals surface area contributed by atoms with Gasteiger partial charge in [0.15, 0.2) is 0 Å². The van der Waals surface area contributed by atoms with Crippen LogP contribution < -0.4 is 5.73 Å². The molecule has 2 N–H and O–H groups in total. The Kier molecular flexibility index (Phi) is 3.72. The lowest BCUT2D eigenvalue weighted by atomic mass is 9.88. The van der Waals surface area contributed by atoms with Crippen molar-refractivity contribution in [2.24, 2.45) is 11.8 Å². The average molecular weight is 232 g/mol. The van der Waals surface area contributed by atoms with Crippen molar-refractivity contribution in [2.45, 2.75) is 33.7 Å². The number of likely N-dealkylation sites (tertiary alicyclic amines) is 1. The smallest absolute Gasteiger partial charge is 0.0359 e. The van der Waals surface area contributed by atoms with Crippen molar-refractivity contribution in [2.75, 3.05) is 18.8 Å². The highest BCUT2D eigenvalue weighted by atomic mass is 15.1. The minimum Gasteiger partial charge on any atom is -0.398 e. The molecule has 2 heteroatoms. The number of hydrogen-bond acceptors (Lipinski definition) is 2. The molecule has 2 unspecified atom stereocenters. The van der Waals surface area contributed by atoms with Crippen LogP contribution in [-0.4, -0.2) is 18.0 Å². The van der Waals surface area contributed by atoms with Crippen LogP contribution in [0.15, 0.2) is 18.2 Å². The summed E-state index contributed by atoms with van der Waals surface area (Å²) >= 11 is 0. The van der Waals surface area contributed by atoms with Crippen molar-refractivity contribution in [1.29, 1.82) is 0 Å². The molecule has 0 aliphatic carbocycles. The molecule has 0 saturated carbocycles. The van der Waals surface area contributed by atoms with E-state index in [-0.39, 0.29) is 0 Å². The van der Waals surface area contributed by atoms with E-state index in [0.29, 0.717) is 0 Å². The van der Waals surface area contributed by atoms with E-state index in [4.69, 9.17) is 5.73 Å². The Labute approximate surface area is 105 Å². The standard InChI is InChI=1S/C15H24N2/c1-11-4-5-15(16)14(8-11)10-17-7-6-12(2)13(3)9-17/h4-5,8,12-13H,6-7,9-10,16H2,1-3H3. The first kappa shape index (κ1) is 12.4. The fourth-order valence-corrected chi connectivity index (χ4v) is 2.61. The van der Waals surface area contributed by atoms with Gasteiger partial charge in [-0.25, -0.2) is 0 Å². The third-order valence-electron chi connectivity index (χ3n) is 4.11. The molecule has 1 aliphatic rings. The molecule has 1 aromatic carbocycles. The Bertz CT molecular complexity index is 387. The quantitative estimate of drug-likeness (QED) is 0.794. The number of hydrogen-bond donors (Lipinski definition) is 1. The summed E-state index contributed by atoms with van der Waals surface area (Å²) in [5.74, 6) is 1.66. The first-order chi connectivity index (χ1) is 8.06. The maximum absolute atomic E-state index is 6.04. The predicted molar refractivity (Wildman–Crippen MR) is 73.8 cm³/mol. The fraction of sp³-hybridized carbons (Fsp3) is 0.600. The van der Waals surface area contributed by atoms with E-state index in [1.54, 1.807) is 0 Å². The minimum absolute atomic E-state index is 0.801. The topological polar surface area (TPSA) is 29.3 Å². The number of nitrogen functional groups attached to an aromatic ring is 1. The van der Waals surface area contributed by atoms with Crippen LogP contribution in [-0.2, 0) is 6.54 Å². The molecule has 0 bridgehead atoms. The third kappa shape index (κ3) is 3.01. The van der Waals surface area contributed by atoms with Gasteiger partial charge in [0.2, 0.25) is 0 Å². The van der Waals surface area contributed by atoms with Crippen LogP contribution in [0.4, 0.5) is 5.69 Å². The molecule has 2 atom stereocenters. The van der Waals surface area contributed by atoms with Gasteiger partial charge in [0, 0.05) is 18.8 Å². The minimum atomic E-state index is 0.801. The highest BCUT2D eigenvalue weighted by Gasteiger charge is 2.22. The highest BCUT2D eigenvalue weighted by molar-refractivity contribution is 5.48. The number of nitrogens with two attached hydrogens (primary N) is 1. The van der Waals surface area contributed by atoms with Crippen molar-refractivity contribution < 1.29 is 0 Å². The fourth-order valence-electron chi connectivity index (χ4n) is 2.61. The van der Waals surface area contributed by atoms with Gasteiger partial charge in [0.05, 0.1) is 0 Å². The Morgan fingerprint density at radius 2 is 2.06 bits per heavy atom. The van der Waals surface area contributed by atoms with Crippen LogP contribution in [0.2, 0.25) is 0 Å². The molecule has 2 rings (SSSR count). The summed E-state index contributed by atoms with van der Waals surface area (Å²) in [4.78, 5) is 2.54. The van der Waals surface area contributed by atoms with Gasteiger partial charge in [-0.1, -0.05) is 31.5 Å². The zero-order chi connectivity index (χ0) is 12.4. The van der Waals surface area contributed by atoms with E-state index in [1.807, 2.05) is 6.07 Å². The highest BCUT2D eigenvalue weighted by Crippen LogP contribution is 2.25. The molecule has 2 nitrogen and oxygen atoms in total. The molecule has 1 aromatic rings. The summed E-state index contributed by atoms with van der Waals surface area (Å²) in [5.41, 5.74) is 9.56. The molecule has 0 aromatic heterocycles. The van der Waals surface area contributed by atoms with E-state index in [0.717, 1.165) is 24.1 Å². The first-order valence-corrected chi connectivity index (χ1v) is 6.63. The van der Waals surface area contributed by atoms with Crippen LogP contribution >= 0.6 is 0 Å².